The minimum atomic E-state index is 0.479. The lowest BCUT2D eigenvalue weighted by atomic mass is 10.0. The Bertz CT molecular complexity index is 382. The molecule has 1 rings (SSSR count). The fourth-order valence-electron chi connectivity index (χ4n) is 2.13. The molecule has 0 aliphatic rings. The van der Waals surface area contributed by atoms with Crippen molar-refractivity contribution in [2.45, 2.75) is 59.0 Å². The van der Waals surface area contributed by atoms with Gasteiger partial charge < -0.3 is 14.8 Å². The van der Waals surface area contributed by atoms with Crippen LogP contribution in [0.2, 0.25) is 0 Å². The second-order valence-corrected chi connectivity index (χ2v) is 5.93. The molecule has 1 N–H and O–H groups in total. The van der Waals surface area contributed by atoms with Crippen molar-refractivity contribution in [3.63, 3.8) is 0 Å². The van der Waals surface area contributed by atoms with Gasteiger partial charge in [0.25, 0.3) is 0 Å². The van der Waals surface area contributed by atoms with Crippen molar-refractivity contribution in [1.82, 2.24) is 20.3 Å². The second-order valence-electron chi connectivity index (χ2n) is 5.93. The van der Waals surface area contributed by atoms with Crippen LogP contribution < -0.4 is 5.32 Å². The molecular formula is C16H32N4O2. The van der Waals surface area contributed by atoms with E-state index >= 15 is 0 Å². The molecule has 1 heterocycles. The fraction of sp³-hybridized carbons (Fsp3) is 0.875. The molecule has 0 aliphatic heterocycles. The summed E-state index contributed by atoms with van der Waals surface area (Å²) in [7, 11) is 0. The lowest BCUT2D eigenvalue weighted by molar-refractivity contribution is 0.0445. The van der Waals surface area contributed by atoms with Gasteiger partial charge in [-0.2, -0.15) is 0 Å². The Kier molecular flexibility index (Phi) is 10.0. The van der Waals surface area contributed by atoms with E-state index in [1.165, 1.54) is 6.42 Å². The van der Waals surface area contributed by atoms with Gasteiger partial charge in [0.05, 0.1) is 38.7 Å². The van der Waals surface area contributed by atoms with Gasteiger partial charge in [0.2, 0.25) is 0 Å². The van der Waals surface area contributed by atoms with Gasteiger partial charge in [0.1, 0.15) is 0 Å². The maximum Gasteiger partial charge on any atom is 0.0855 e. The van der Waals surface area contributed by atoms with Gasteiger partial charge in [-0.25, -0.2) is 4.68 Å². The molecule has 0 saturated carbocycles. The van der Waals surface area contributed by atoms with Gasteiger partial charge in [-0.15, -0.1) is 5.10 Å². The molecule has 0 aliphatic carbocycles. The Morgan fingerprint density at radius 3 is 2.55 bits per heavy atom. The van der Waals surface area contributed by atoms with Crippen LogP contribution in [0.3, 0.4) is 0 Å². The SMILES string of the molecule is CCCC(C)c1cn(CCOCCOCCNC(C)C)nn1. The fourth-order valence-corrected chi connectivity index (χ4v) is 2.13. The zero-order valence-corrected chi connectivity index (χ0v) is 14.5. The van der Waals surface area contributed by atoms with E-state index in [4.69, 9.17) is 9.47 Å². The van der Waals surface area contributed by atoms with Crippen LogP contribution in [0.25, 0.3) is 0 Å². The van der Waals surface area contributed by atoms with Crippen LogP contribution in [-0.4, -0.2) is 54.0 Å². The molecule has 0 bridgehead atoms. The average molecular weight is 312 g/mol. The normalized spacial score (nSPS) is 13.0. The summed E-state index contributed by atoms with van der Waals surface area (Å²) in [5.74, 6) is 0.479. The molecule has 1 unspecified atom stereocenters. The van der Waals surface area contributed by atoms with Crippen LogP contribution in [-0.2, 0) is 16.0 Å². The van der Waals surface area contributed by atoms with E-state index in [1.807, 2.05) is 10.9 Å². The predicted molar refractivity (Wildman–Crippen MR) is 88.1 cm³/mol. The summed E-state index contributed by atoms with van der Waals surface area (Å²) >= 11 is 0. The summed E-state index contributed by atoms with van der Waals surface area (Å²) in [5, 5.41) is 11.7. The van der Waals surface area contributed by atoms with Gasteiger partial charge >= 0.3 is 0 Å². The Balaban J connectivity index is 2.01. The topological polar surface area (TPSA) is 61.2 Å². The van der Waals surface area contributed by atoms with Gasteiger partial charge in [-0.1, -0.05) is 39.3 Å². The third kappa shape index (κ3) is 8.46. The van der Waals surface area contributed by atoms with E-state index in [2.05, 4.69) is 43.3 Å². The predicted octanol–water partition coefficient (Wildman–Crippen LogP) is 2.21. The van der Waals surface area contributed by atoms with Gasteiger partial charge in [-0.05, 0) is 6.42 Å². The van der Waals surface area contributed by atoms with E-state index in [0.717, 1.165) is 31.8 Å². The molecule has 128 valence electrons. The molecule has 1 aromatic heterocycles. The van der Waals surface area contributed by atoms with E-state index in [0.29, 0.717) is 31.8 Å². The average Bonchev–Trinajstić information content (AvgIpc) is 2.94. The van der Waals surface area contributed by atoms with Crippen LogP contribution in [0.4, 0.5) is 0 Å². The molecule has 1 aromatic rings. The highest BCUT2D eigenvalue weighted by molar-refractivity contribution is 4.99. The van der Waals surface area contributed by atoms with Crippen molar-refractivity contribution in [2.24, 2.45) is 0 Å². The number of nitrogens with one attached hydrogen (secondary N) is 1. The molecule has 0 radical (unpaired) electrons. The first-order valence-electron chi connectivity index (χ1n) is 8.42. The summed E-state index contributed by atoms with van der Waals surface area (Å²) in [4.78, 5) is 0. The van der Waals surface area contributed by atoms with Crippen LogP contribution in [0.15, 0.2) is 6.20 Å². The van der Waals surface area contributed by atoms with Crippen LogP contribution in [0, 0.1) is 0 Å². The lowest BCUT2D eigenvalue weighted by Crippen LogP contribution is -2.27. The Morgan fingerprint density at radius 1 is 1.14 bits per heavy atom. The number of hydrogen-bond donors (Lipinski definition) is 1. The summed E-state index contributed by atoms with van der Waals surface area (Å²) in [6.45, 7) is 12.9. The van der Waals surface area contributed by atoms with Crippen molar-refractivity contribution in [3.8, 4) is 0 Å². The number of nitrogens with zero attached hydrogens (tertiary/aromatic N) is 3. The highest BCUT2D eigenvalue weighted by Crippen LogP contribution is 2.17. The summed E-state index contributed by atoms with van der Waals surface area (Å²) < 4.78 is 12.9. The van der Waals surface area contributed by atoms with Crippen molar-refractivity contribution in [2.75, 3.05) is 33.0 Å². The molecular weight excluding hydrogens is 280 g/mol. The zero-order chi connectivity index (χ0) is 16.2. The number of rotatable bonds is 13. The molecule has 6 nitrogen and oxygen atoms in total. The minimum Gasteiger partial charge on any atom is -0.378 e. The van der Waals surface area contributed by atoms with E-state index < -0.39 is 0 Å². The highest BCUT2D eigenvalue weighted by atomic mass is 16.5. The van der Waals surface area contributed by atoms with E-state index in [-0.39, 0.29) is 0 Å². The monoisotopic (exact) mass is 312 g/mol. The molecule has 0 spiro atoms. The Hall–Kier alpha value is -0.980. The summed E-state index contributed by atoms with van der Waals surface area (Å²) in [6.07, 6.45) is 4.35. The molecule has 22 heavy (non-hydrogen) atoms. The van der Waals surface area contributed by atoms with E-state index in [1.54, 1.807) is 0 Å². The first kappa shape index (κ1) is 19.1. The molecule has 1 atom stereocenters. The summed E-state index contributed by atoms with van der Waals surface area (Å²) in [6, 6.07) is 0.507. The molecule has 0 fully saturated rings. The van der Waals surface area contributed by atoms with Crippen LogP contribution >= 0.6 is 0 Å². The van der Waals surface area contributed by atoms with Gasteiger partial charge in [0.15, 0.2) is 0 Å². The number of hydrogen-bond acceptors (Lipinski definition) is 5. The summed E-state index contributed by atoms with van der Waals surface area (Å²) in [5.41, 5.74) is 1.07. The molecule has 0 aromatic carbocycles. The molecule has 6 heteroatoms. The molecule has 0 saturated heterocycles. The van der Waals surface area contributed by atoms with Gasteiger partial charge in [0, 0.05) is 24.7 Å². The zero-order valence-electron chi connectivity index (χ0n) is 14.5. The third-order valence-corrected chi connectivity index (χ3v) is 3.42. The number of aromatic nitrogens is 3. The molecule has 0 amide bonds. The van der Waals surface area contributed by atoms with E-state index in [9.17, 15) is 0 Å². The maximum atomic E-state index is 5.55. The van der Waals surface area contributed by atoms with Crippen molar-refractivity contribution < 1.29 is 9.47 Å². The second kappa shape index (κ2) is 11.6. The van der Waals surface area contributed by atoms with Crippen LogP contribution in [0.1, 0.15) is 52.1 Å². The smallest absolute Gasteiger partial charge is 0.0855 e. The van der Waals surface area contributed by atoms with Crippen molar-refractivity contribution >= 4 is 0 Å². The largest absolute Gasteiger partial charge is 0.378 e. The maximum absolute atomic E-state index is 5.55. The quantitative estimate of drug-likeness (QED) is 0.566. The third-order valence-electron chi connectivity index (χ3n) is 3.42. The lowest BCUT2D eigenvalue weighted by Gasteiger charge is -2.09. The van der Waals surface area contributed by atoms with Gasteiger partial charge in [-0.3, -0.25) is 0 Å². The first-order valence-corrected chi connectivity index (χ1v) is 8.42. The Morgan fingerprint density at radius 2 is 1.86 bits per heavy atom. The van der Waals surface area contributed by atoms with Crippen molar-refractivity contribution in [1.29, 1.82) is 0 Å². The Labute approximate surface area is 134 Å². The van der Waals surface area contributed by atoms with Crippen molar-refractivity contribution in [3.05, 3.63) is 11.9 Å². The standard InChI is InChI=1S/C16H32N4O2/c1-5-6-15(4)16-13-20(19-18-16)8-10-22-12-11-21-9-7-17-14(2)3/h13-15,17H,5-12H2,1-4H3. The number of ether oxygens (including phenoxy) is 2. The highest BCUT2D eigenvalue weighted by Gasteiger charge is 2.08. The minimum absolute atomic E-state index is 0.479. The van der Waals surface area contributed by atoms with Crippen LogP contribution in [0.5, 0.6) is 0 Å². The first-order chi connectivity index (χ1) is 10.6.